The van der Waals surface area contributed by atoms with Crippen molar-refractivity contribution in [2.45, 2.75) is 40.2 Å². The summed E-state index contributed by atoms with van der Waals surface area (Å²) in [5.74, 6) is 0.0120. The van der Waals surface area contributed by atoms with Crippen molar-refractivity contribution in [1.29, 1.82) is 0 Å². The number of benzene rings is 1. The van der Waals surface area contributed by atoms with Gasteiger partial charge in [-0.15, -0.1) is 11.3 Å². The van der Waals surface area contributed by atoms with E-state index in [0.717, 1.165) is 11.4 Å². The highest BCUT2D eigenvalue weighted by molar-refractivity contribution is 7.13. The molecule has 8 nitrogen and oxygen atoms in total. The number of nitrogens with zero attached hydrogens (tertiary/aromatic N) is 2. The number of thiazole rings is 1. The Balaban J connectivity index is 1.90. The number of nitrogens with one attached hydrogen (secondary N) is 3. The molecule has 0 fully saturated rings. The number of hydrogen-bond acceptors (Lipinski definition) is 6. The van der Waals surface area contributed by atoms with Crippen LogP contribution in [0.5, 0.6) is 0 Å². The third kappa shape index (κ3) is 8.01. The van der Waals surface area contributed by atoms with Crippen LogP contribution in [0.25, 0.3) is 0 Å². The zero-order valence-corrected chi connectivity index (χ0v) is 19.3. The standard InChI is InChI=1S/C22H31N5O3S/c1-5-23-22(25-14-18(28)24-13-12-17-10-8-7-9-11-17)27-16(4)20-26-15(3)19(31-20)21(29)30-6-2/h7-11,16H,5-6,12-14H2,1-4H3,(H,24,28)(H2,23,25,27). The Kier molecular flexibility index (Phi) is 9.96. The molecule has 0 saturated heterocycles. The van der Waals surface area contributed by atoms with E-state index in [0.29, 0.717) is 36.2 Å². The maximum Gasteiger partial charge on any atom is 0.350 e. The topological polar surface area (TPSA) is 105 Å². The predicted octanol–water partition coefficient (Wildman–Crippen LogP) is 2.60. The normalized spacial score (nSPS) is 12.2. The molecule has 0 bridgehead atoms. The summed E-state index contributed by atoms with van der Waals surface area (Å²) in [7, 11) is 0. The summed E-state index contributed by atoms with van der Waals surface area (Å²) < 4.78 is 5.08. The van der Waals surface area contributed by atoms with Crippen molar-refractivity contribution < 1.29 is 14.3 Å². The van der Waals surface area contributed by atoms with E-state index in [1.807, 2.05) is 44.2 Å². The second-order valence-electron chi connectivity index (χ2n) is 6.83. The fourth-order valence-corrected chi connectivity index (χ4v) is 3.74. The smallest absolute Gasteiger partial charge is 0.350 e. The van der Waals surface area contributed by atoms with Crippen molar-refractivity contribution in [3.8, 4) is 0 Å². The van der Waals surface area contributed by atoms with Crippen LogP contribution in [-0.2, 0) is 16.0 Å². The average molecular weight is 446 g/mol. The largest absolute Gasteiger partial charge is 0.462 e. The quantitative estimate of drug-likeness (QED) is 0.295. The van der Waals surface area contributed by atoms with E-state index in [1.54, 1.807) is 13.8 Å². The van der Waals surface area contributed by atoms with Crippen molar-refractivity contribution in [1.82, 2.24) is 20.9 Å². The lowest BCUT2D eigenvalue weighted by Crippen LogP contribution is -2.39. The molecule has 1 heterocycles. The van der Waals surface area contributed by atoms with Gasteiger partial charge in [0.2, 0.25) is 5.91 Å². The first-order valence-electron chi connectivity index (χ1n) is 10.4. The van der Waals surface area contributed by atoms with Crippen LogP contribution in [0, 0.1) is 6.92 Å². The lowest BCUT2D eigenvalue weighted by molar-refractivity contribution is -0.119. The van der Waals surface area contributed by atoms with Crippen LogP contribution < -0.4 is 16.0 Å². The molecule has 1 unspecified atom stereocenters. The van der Waals surface area contributed by atoms with Crippen LogP contribution in [0.3, 0.4) is 0 Å². The third-order valence-electron chi connectivity index (χ3n) is 4.30. The van der Waals surface area contributed by atoms with Gasteiger partial charge >= 0.3 is 5.97 Å². The van der Waals surface area contributed by atoms with Crippen LogP contribution in [0.4, 0.5) is 0 Å². The molecule has 3 N–H and O–H groups in total. The van der Waals surface area contributed by atoms with Gasteiger partial charge in [-0.2, -0.15) is 0 Å². The highest BCUT2D eigenvalue weighted by Crippen LogP contribution is 2.24. The fourth-order valence-electron chi connectivity index (χ4n) is 2.77. The predicted molar refractivity (Wildman–Crippen MR) is 123 cm³/mol. The number of ether oxygens (including phenoxy) is 1. The molecule has 2 aromatic rings. The number of aromatic nitrogens is 1. The number of guanidine groups is 1. The number of hydrogen-bond donors (Lipinski definition) is 3. The molecule has 0 radical (unpaired) electrons. The molecule has 168 valence electrons. The Hall–Kier alpha value is -2.94. The van der Waals surface area contributed by atoms with Gasteiger partial charge in [-0.3, -0.25) is 4.79 Å². The number of amides is 1. The molecule has 0 aliphatic carbocycles. The first-order chi connectivity index (χ1) is 14.9. The highest BCUT2D eigenvalue weighted by Gasteiger charge is 2.20. The number of carbonyl (C=O) groups is 2. The Morgan fingerprint density at radius 2 is 1.94 bits per heavy atom. The van der Waals surface area contributed by atoms with Gasteiger partial charge in [-0.1, -0.05) is 30.3 Å². The summed E-state index contributed by atoms with van der Waals surface area (Å²) in [4.78, 5) is 33.5. The summed E-state index contributed by atoms with van der Waals surface area (Å²) >= 11 is 1.30. The molecular formula is C22H31N5O3S. The molecule has 0 aliphatic rings. The van der Waals surface area contributed by atoms with Gasteiger partial charge in [0.1, 0.15) is 16.4 Å². The second-order valence-corrected chi connectivity index (χ2v) is 7.86. The molecule has 1 aromatic carbocycles. The Bertz CT molecular complexity index is 883. The molecule has 0 saturated carbocycles. The minimum atomic E-state index is -0.358. The van der Waals surface area contributed by atoms with E-state index in [4.69, 9.17) is 4.74 Å². The van der Waals surface area contributed by atoms with Crippen molar-refractivity contribution in [2.75, 3.05) is 26.2 Å². The first kappa shape index (κ1) is 24.3. The van der Waals surface area contributed by atoms with E-state index in [-0.39, 0.29) is 24.5 Å². The maximum atomic E-state index is 12.1. The Labute approximate surface area is 187 Å². The zero-order chi connectivity index (χ0) is 22.6. The van der Waals surface area contributed by atoms with Crippen LogP contribution in [-0.4, -0.2) is 49.1 Å². The molecule has 0 spiro atoms. The molecule has 9 heteroatoms. The van der Waals surface area contributed by atoms with Crippen molar-refractivity contribution in [3.05, 3.63) is 51.5 Å². The van der Waals surface area contributed by atoms with Crippen LogP contribution in [0.15, 0.2) is 35.3 Å². The molecule has 31 heavy (non-hydrogen) atoms. The van der Waals surface area contributed by atoms with Gasteiger partial charge in [-0.05, 0) is 39.7 Å². The highest BCUT2D eigenvalue weighted by atomic mass is 32.1. The van der Waals surface area contributed by atoms with Gasteiger partial charge in [0.05, 0.1) is 18.3 Å². The lowest BCUT2D eigenvalue weighted by Gasteiger charge is -2.16. The number of aryl methyl sites for hydroxylation is 1. The van der Waals surface area contributed by atoms with E-state index < -0.39 is 0 Å². The van der Waals surface area contributed by atoms with Crippen LogP contribution in [0.2, 0.25) is 0 Å². The summed E-state index contributed by atoms with van der Waals surface area (Å²) in [6.45, 7) is 9.00. The Morgan fingerprint density at radius 1 is 1.19 bits per heavy atom. The molecule has 1 atom stereocenters. The zero-order valence-electron chi connectivity index (χ0n) is 18.5. The SMILES string of the molecule is CCNC(=NCC(=O)NCCc1ccccc1)NC(C)c1nc(C)c(C(=O)OCC)s1. The van der Waals surface area contributed by atoms with Gasteiger partial charge in [0.15, 0.2) is 5.96 Å². The molecular weight excluding hydrogens is 414 g/mol. The number of esters is 1. The fraction of sp³-hybridized carbons (Fsp3) is 0.455. The molecule has 2 rings (SSSR count). The van der Waals surface area contributed by atoms with E-state index in [2.05, 4.69) is 25.9 Å². The van der Waals surface area contributed by atoms with Gasteiger partial charge in [0.25, 0.3) is 0 Å². The van der Waals surface area contributed by atoms with E-state index >= 15 is 0 Å². The lowest BCUT2D eigenvalue weighted by atomic mass is 10.1. The van der Waals surface area contributed by atoms with Crippen LogP contribution in [0.1, 0.15) is 52.7 Å². The second kappa shape index (κ2) is 12.7. The van der Waals surface area contributed by atoms with Gasteiger partial charge in [0, 0.05) is 13.1 Å². The maximum absolute atomic E-state index is 12.1. The summed E-state index contributed by atoms with van der Waals surface area (Å²) in [5, 5.41) is 10.0. The van der Waals surface area contributed by atoms with Gasteiger partial charge in [-0.25, -0.2) is 14.8 Å². The van der Waals surface area contributed by atoms with E-state index in [1.165, 1.54) is 16.9 Å². The average Bonchev–Trinajstić information content (AvgIpc) is 3.15. The minimum absolute atomic E-state index is 0.0157. The first-order valence-corrected chi connectivity index (χ1v) is 11.3. The minimum Gasteiger partial charge on any atom is -0.462 e. The van der Waals surface area contributed by atoms with Crippen molar-refractivity contribution in [3.63, 3.8) is 0 Å². The number of carbonyl (C=O) groups excluding carboxylic acids is 2. The monoisotopic (exact) mass is 445 g/mol. The molecule has 1 aromatic heterocycles. The third-order valence-corrected chi connectivity index (χ3v) is 5.62. The molecule has 0 aliphatic heterocycles. The number of rotatable bonds is 10. The van der Waals surface area contributed by atoms with Crippen molar-refractivity contribution in [2.24, 2.45) is 4.99 Å². The summed E-state index contributed by atoms with van der Waals surface area (Å²) in [5.41, 5.74) is 1.82. The Morgan fingerprint density at radius 3 is 2.61 bits per heavy atom. The van der Waals surface area contributed by atoms with Crippen molar-refractivity contribution >= 4 is 29.2 Å². The van der Waals surface area contributed by atoms with E-state index in [9.17, 15) is 9.59 Å². The van der Waals surface area contributed by atoms with Gasteiger partial charge < -0.3 is 20.7 Å². The number of aliphatic imine (C=N–C) groups is 1. The van der Waals surface area contributed by atoms with Crippen LogP contribution >= 0.6 is 11.3 Å². The summed E-state index contributed by atoms with van der Waals surface area (Å²) in [6.07, 6.45) is 0.776. The summed E-state index contributed by atoms with van der Waals surface area (Å²) in [6, 6.07) is 9.82. The molecule has 1 amide bonds.